The zero-order valence-corrected chi connectivity index (χ0v) is 10.9. The lowest BCUT2D eigenvalue weighted by Gasteiger charge is -2.02. The summed E-state index contributed by atoms with van der Waals surface area (Å²) in [5.41, 5.74) is 2.70. The number of rotatable bonds is 4. The largest absolute Gasteiger partial charge is 0.481 e. The second kappa shape index (κ2) is 4.85. The van der Waals surface area contributed by atoms with Gasteiger partial charge in [0.2, 0.25) is 0 Å². The van der Waals surface area contributed by atoms with Crippen LogP contribution in [0.1, 0.15) is 12.1 Å². The highest BCUT2D eigenvalue weighted by molar-refractivity contribution is 7.13. The Kier molecular flexibility index (Phi) is 3.05. The fourth-order valence-corrected chi connectivity index (χ4v) is 2.86. The first-order chi connectivity index (χ1) is 9.25. The molecule has 0 saturated carbocycles. The van der Waals surface area contributed by atoms with E-state index in [0.29, 0.717) is 6.42 Å². The van der Waals surface area contributed by atoms with E-state index < -0.39 is 5.97 Å². The average molecular weight is 272 g/mol. The lowest BCUT2D eigenvalue weighted by Crippen LogP contribution is -2.01. The number of hydrogen-bond donors (Lipinski definition) is 1. The lowest BCUT2D eigenvalue weighted by molar-refractivity contribution is -0.136. The van der Waals surface area contributed by atoms with Crippen molar-refractivity contribution in [1.29, 1.82) is 0 Å². The van der Waals surface area contributed by atoms with Gasteiger partial charge in [0, 0.05) is 12.6 Å². The van der Waals surface area contributed by atoms with Gasteiger partial charge in [-0.3, -0.25) is 4.79 Å². The summed E-state index contributed by atoms with van der Waals surface area (Å²) in [6, 6.07) is 9.78. The van der Waals surface area contributed by atoms with Gasteiger partial charge in [-0.05, 0) is 23.6 Å². The molecule has 0 radical (unpaired) electrons. The molecule has 0 aliphatic rings. The molecule has 19 heavy (non-hydrogen) atoms. The molecule has 0 unspecified atom stereocenters. The Morgan fingerprint density at radius 2 is 2.21 bits per heavy atom. The summed E-state index contributed by atoms with van der Waals surface area (Å²) in [6.45, 7) is 0. The number of imidazole rings is 1. The molecular formula is C14H12N2O2S. The molecule has 3 aromatic rings. The number of aliphatic carboxylic acids is 1. The van der Waals surface area contributed by atoms with Gasteiger partial charge in [-0.1, -0.05) is 12.1 Å². The van der Waals surface area contributed by atoms with Gasteiger partial charge in [0.1, 0.15) is 11.3 Å². The standard InChI is InChI=1S/C14H12N2O2S/c17-13(18)7-6-10-14(11-4-3-9-19-11)15-12-5-1-2-8-16(10)12/h1-5,8-9H,6-7H2,(H,17,18). The first-order valence-corrected chi connectivity index (χ1v) is 6.85. The molecule has 0 aliphatic carbocycles. The molecule has 0 bridgehead atoms. The molecule has 0 atom stereocenters. The van der Waals surface area contributed by atoms with E-state index in [-0.39, 0.29) is 6.42 Å². The molecule has 3 heterocycles. The number of carboxylic acid groups (broad SMARTS) is 1. The second-order valence-corrected chi connectivity index (χ2v) is 5.15. The van der Waals surface area contributed by atoms with Crippen LogP contribution >= 0.6 is 11.3 Å². The summed E-state index contributed by atoms with van der Waals surface area (Å²) >= 11 is 1.62. The number of aryl methyl sites for hydroxylation is 1. The fourth-order valence-electron chi connectivity index (χ4n) is 2.12. The number of fused-ring (bicyclic) bond motifs is 1. The van der Waals surface area contributed by atoms with Crippen molar-refractivity contribution in [1.82, 2.24) is 9.38 Å². The van der Waals surface area contributed by atoms with E-state index >= 15 is 0 Å². The van der Waals surface area contributed by atoms with E-state index in [1.54, 1.807) is 11.3 Å². The molecule has 0 amide bonds. The van der Waals surface area contributed by atoms with Crippen LogP contribution in [-0.4, -0.2) is 20.5 Å². The summed E-state index contributed by atoms with van der Waals surface area (Å²) in [5.74, 6) is -0.789. The smallest absolute Gasteiger partial charge is 0.303 e. The zero-order chi connectivity index (χ0) is 13.2. The Hall–Kier alpha value is -2.14. The van der Waals surface area contributed by atoms with Crippen LogP contribution in [0.3, 0.4) is 0 Å². The van der Waals surface area contributed by atoms with Gasteiger partial charge in [-0.15, -0.1) is 11.3 Å². The number of aromatic nitrogens is 2. The van der Waals surface area contributed by atoms with Crippen LogP contribution in [0.15, 0.2) is 41.9 Å². The Balaban J connectivity index is 2.14. The summed E-state index contributed by atoms with van der Waals surface area (Å²) < 4.78 is 1.97. The van der Waals surface area contributed by atoms with E-state index in [9.17, 15) is 4.79 Å². The molecule has 0 aliphatic heterocycles. The molecule has 1 N–H and O–H groups in total. The average Bonchev–Trinajstić information content (AvgIpc) is 3.03. The maximum Gasteiger partial charge on any atom is 0.303 e. The minimum atomic E-state index is -0.789. The number of hydrogen-bond acceptors (Lipinski definition) is 3. The molecular weight excluding hydrogens is 260 g/mol. The van der Waals surface area contributed by atoms with Crippen molar-refractivity contribution < 1.29 is 9.90 Å². The Bertz CT molecular complexity index is 716. The summed E-state index contributed by atoms with van der Waals surface area (Å²) in [4.78, 5) is 16.5. The van der Waals surface area contributed by atoms with Gasteiger partial charge in [0.05, 0.1) is 17.0 Å². The summed E-state index contributed by atoms with van der Waals surface area (Å²) in [7, 11) is 0. The van der Waals surface area contributed by atoms with Gasteiger partial charge < -0.3 is 9.51 Å². The van der Waals surface area contributed by atoms with E-state index in [1.807, 2.05) is 46.3 Å². The first kappa shape index (κ1) is 11.9. The van der Waals surface area contributed by atoms with Crippen molar-refractivity contribution in [3.05, 3.63) is 47.6 Å². The van der Waals surface area contributed by atoms with Crippen molar-refractivity contribution in [3.63, 3.8) is 0 Å². The van der Waals surface area contributed by atoms with Crippen molar-refractivity contribution in [2.45, 2.75) is 12.8 Å². The minimum absolute atomic E-state index is 0.112. The molecule has 0 saturated heterocycles. The third-order valence-corrected chi connectivity index (χ3v) is 3.84. The van der Waals surface area contributed by atoms with Crippen LogP contribution in [0, 0.1) is 0 Å². The van der Waals surface area contributed by atoms with Crippen LogP contribution in [0.4, 0.5) is 0 Å². The maximum absolute atomic E-state index is 10.8. The number of carbonyl (C=O) groups is 1. The number of pyridine rings is 1. The van der Waals surface area contributed by atoms with E-state index in [2.05, 4.69) is 4.98 Å². The van der Waals surface area contributed by atoms with E-state index in [1.165, 1.54) is 0 Å². The van der Waals surface area contributed by atoms with E-state index in [0.717, 1.165) is 21.9 Å². The highest BCUT2D eigenvalue weighted by Gasteiger charge is 2.15. The second-order valence-electron chi connectivity index (χ2n) is 4.21. The molecule has 96 valence electrons. The third kappa shape index (κ3) is 2.24. The van der Waals surface area contributed by atoms with Gasteiger partial charge in [-0.2, -0.15) is 0 Å². The number of carboxylic acids is 1. The molecule has 5 heteroatoms. The quantitative estimate of drug-likeness (QED) is 0.794. The van der Waals surface area contributed by atoms with Crippen molar-refractivity contribution in [3.8, 4) is 10.6 Å². The van der Waals surface area contributed by atoms with Gasteiger partial charge >= 0.3 is 5.97 Å². The highest BCUT2D eigenvalue weighted by atomic mass is 32.1. The molecule has 0 spiro atoms. The van der Waals surface area contributed by atoms with Gasteiger partial charge in [0.25, 0.3) is 0 Å². The lowest BCUT2D eigenvalue weighted by atomic mass is 10.2. The van der Waals surface area contributed by atoms with Crippen molar-refractivity contribution in [2.75, 3.05) is 0 Å². The molecule has 0 aromatic carbocycles. The highest BCUT2D eigenvalue weighted by Crippen LogP contribution is 2.29. The van der Waals surface area contributed by atoms with Crippen LogP contribution in [0.5, 0.6) is 0 Å². The van der Waals surface area contributed by atoms with Crippen LogP contribution in [0.25, 0.3) is 16.2 Å². The van der Waals surface area contributed by atoms with Crippen LogP contribution in [0.2, 0.25) is 0 Å². The molecule has 3 rings (SSSR count). The number of thiophene rings is 1. The summed E-state index contributed by atoms with van der Waals surface area (Å²) in [6.07, 6.45) is 2.52. The monoisotopic (exact) mass is 272 g/mol. The normalized spacial score (nSPS) is 10.9. The number of nitrogens with zero attached hydrogens (tertiary/aromatic N) is 2. The van der Waals surface area contributed by atoms with Crippen LogP contribution < -0.4 is 0 Å². The van der Waals surface area contributed by atoms with Gasteiger partial charge in [-0.25, -0.2) is 4.98 Å². The predicted octanol–water partition coefficient (Wildman–Crippen LogP) is 3.08. The molecule has 0 fully saturated rings. The molecule has 4 nitrogen and oxygen atoms in total. The Morgan fingerprint density at radius 1 is 1.32 bits per heavy atom. The Morgan fingerprint density at radius 3 is 2.95 bits per heavy atom. The fraction of sp³-hybridized carbons (Fsp3) is 0.143. The van der Waals surface area contributed by atoms with Crippen LogP contribution in [-0.2, 0) is 11.2 Å². The van der Waals surface area contributed by atoms with Crippen molar-refractivity contribution >= 4 is 23.0 Å². The minimum Gasteiger partial charge on any atom is -0.481 e. The Labute approximate surface area is 114 Å². The molecule has 3 aromatic heterocycles. The predicted molar refractivity (Wildman–Crippen MR) is 74.5 cm³/mol. The maximum atomic E-state index is 10.8. The first-order valence-electron chi connectivity index (χ1n) is 5.97. The van der Waals surface area contributed by atoms with E-state index in [4.69, 9.17) is 5.11 Å². The zero-order valence-electron chi connectivity index (χ0n) is 10.1. The summed E-state index contributed by atoms with van der Waals surface area (Å²) in [5, 5.41) is 10.9. The van der Waals surface area contributed by atoms with Crippen molar-refractivity contribution in [2.24, 2.45) is 0 Å². The van der Waals surface area contributed by atoms with Gasteiger partial charge in [0.15, 0.2) is 0 Å². The SMILES string of the molecule is O=C(O)CCc1c(-c2cccs2)nc2ccccn12. The third-order valence-electron chi connectivity index (χ3n) is 2.96. The topological polar surface area (TPSA) is 54.6 Å².